The van der Waals surface area contributed by atoms with Crippen molar-refractivity contribution < 1.29 is 28.6 Å². The first-order valence-electron chi connectivity index (χ1n) is 29.7. The zero-order chi connectivity index (χ0) is 51.4. The van der Waals surface area contributed by atoms with Crippen molar-refractivity contribution in [2.24, 2.45) is 0 Å². The van der Waals surface area contributed by atoms with Crippen molar-refractivity contribution >= 4 is 17.9 Å². The third kappa shape index (κ3) is 57.1. The average Bonchev–Trinajstić information content (AvgIpc) is 3.37. The molecule has 6 nitrogen and oxygen atoms in total. The number of carbonyl (C=O) groups is 3. The number of rotatable bonds is 53. The topological polar surface area (TPSA) is 78.9 Å². The number of hydrogen-bond acceptors (Lipinski definition) is 6. The van der Waals surface area contributed by atoms with Gasteiger partial charge in [-0.1, -0.05) is 234 Å². The number of ether oxygens (including phenoxy) is 3. The Balaban J connectivity index is 4.46. The SMILES string of the molecule is CC/C=C/C/C=C/C/C=C/C/C=C/C/C=C/CCCCCC(=O)OC[C@@H](COC(=O)CCCCCCC/C=C/C/C=C/CCCCC)OC(=O)CCCCCCCCCCC/C=C/CCCCCCCC. The van der Waals surface area contributed by atoms with Crippen LogP contribution in [0.3, 0.4) is 0 Å². The van der Waals surface area contributed by atoms with Gasteiger partial charge in [0.2, 0.25) is 0 Å². The maximum absolute atomic E-state index is 12.9. The smallest absolute Gasteiger partial charge is 0.306 e. The van der Waals surface area contributed by atoms with E-state index < -0.39 is 6.10 Å². The molecule has 0 spiro atoms. The van der Waals surface area contributed by atoms with Gasteiger partial charge in [-0.15, -0.1) is 0 Å². The maximum Gasteiger partial charge on any atom is 0.306 e. The molecule has 0 heterocycles. The van der Waals surface area contributed by atoms with Crippen LogP contribution in [-0.2, 0) is 28.6 Å². The highest BCUT2D eigenvalue weighted by atomic mass is 16.6. The highest BCUT2D eigenvalue weighted by Crippen LogP contribution is 2.15. The number of hydrogen-bond donors (Lipinski definition) is 0. The molecule has 0 radical (unpaired) electrons. The van der Waals surface area contributed by atoms with E-state index in [-0.39, 0.29) is 31.1 Å². The molecule has 0 aromatic carbocycles. The minimum absolute atomic E-state index is 0.0964. The Morgan fingerprint density at radius 1 is 0.296 bits per heavy atom. The molecule has 0 N–H and O–H groups in total. The van der Waals surface area contributed by atoms with Gasteiger partial charge in [0.05, 0.1) is 0 Å². The second kappa shape index (κ2) is 58.9. The monoisotopic (exact) mass is 987 g/mol. The van der Waals surface area contributed by atoms with Crippen LogP contribution < -0.4 is 0 Å². The van der Waals surface area contributed by atoms with Gasteiger partial charge in [-0.25, -0.2) is 0 Å². The lowest BCUT2D eigenvalue weighted by molar-refractivity contribution is -0.167. The van der Waals surface area contributed by atoms with E-state index in [0.717, 1.165) is 122 Å². The van der Waals surface area contributed by atoms with Crippen molar-refractivity contribution in [2.45, 2.75) is 284 Å². The summed E-state index contributed by atoms with van der Waals surface area (Å²) in [6, 6.07) is 0. The lowest BCUT2D eigenvalue weighted by atomic mass is 10.1. The van der Waals surface area contributed by atoms with Crippen LogP contribution in [0.1, 0.15) is 278 Å². The Labute approximate surface area is 438 Å². The summed E-state index contributed by atoms with van der Waals surface area (Å²) < 4.78 is 16.9. The van der Waals surface area contributed by atoms with Gasteiger partial charge in [-0.05, 0) is 122 Å². The summed E-state index contributed by atoms with van der Waals surface area (Å²) in [4.78, 5) is 38.2. The minimum atomic E-state index is -0.800. The molecule has 0 aromatic heterocycles. The van der Waals surface area contributed by atoms with Crippen LogP contribution in [0.5, 0.6) is 0 Å². The lowest BCUT2D eigenvalue weighted by Crippen LogP contribution is -2.30. The predicted octanol–water partition coefficient (Wildman–Crippen LogP) is 20.1. The Kier molecular flexibility index (Phi) is 55.9. The summed E-state index contributed by atoms with van der Waals surface area (Å²) in [6.07, 6.45) is 78.2. The molecule has 0 unspecified atom stereocenters. The highest BCUT2D eigenvalue weighted by molar-refractivity contribution is 5.71. The van der Waals surface area contributed by atoms with Gasteiger partial charge < -0.3 is 14.2 Å². The second-order valence-electron chi connectivity index (χ2n) is 19.5. The third-order valence-corrected chi connectivity index (χ3v) is 12.5. The van der Waals surface area contributed by atoms with Crippen molar-refractivity contribution in [3.8, 4) is 0 Å². The minimum Gasteiger partial charge on any atom is -0.462 e. The average molecular weight is 988 g/mol. The fourth-order valence-electron chi connectivity index (χ4n) is 8.08. The second-order valence-corrected chi connectivity index (χ2v) is 19.5. The molecule has 0 aliphatic carbocycles. The molecule has 0 rings (SSSR count). The first-order chi connectivity index (χ1) is 35.0. The van der Waals surface area contributed by atoms with Crippen molar-refractivity contribution in [1.82, 2.24) is 0 Å². The van der Waals surface area contributed by atoms with Gasteiger partial charge >= 0.3 is 17.9 Å². The van der Waals surface area contributed by atoms with Gasteiger partial charge in [-0.2, -0.15) is 0 Å². The molecular weight excluding hydrogens is 877 g/mol. The Morgan fingerprint density at radius 3 is 0.915 bits per heavy atom. The summed E-state index contributed by atoms with van der Waals surface area (Å²) >= 11 is 0. The number of esters is 3. The van der Waals surface area contributed by atoms with Crippen LogP contribution in [-0.4, -0.2) is 37.2 Å². The lowest BCUT2D eigenvalue weighted by Gasteiger charge is -2.18. The molecule has 0 aliphatic heterocycles. The summed E-state index contributed by atoms with van der Waals surface area (Å²) in [7, 11) is 0. The van der Waals surface area contributed by atoms with Crippen molar-refractivity contribution in [1.29, 1.82) is 0 Å². The van der Waals surface area contributed by atoms with E-state index in [1.54, 1.807) is 0 Å². The zero-order valence-corrected chi connectivity index (χ0v) is 46.5. The number of allylic oxidation sites excluding steroid dienone is 16. The van der Waals surface area contributed by atoms with Crippen LogP contribution in [0, 0.1) is 0 Å². The van der Waals surface area contributed by atoms with E-state index in [9.17, 15) is 14.4 Å². The molecule has 406 valence electrons. The van der Waals surface area contributed by atoms with Crippen molar-refractivity contribution in [3.63, 3.8) is 0 Å². The fourth-order valence-corrected chi connectivity index (χ4v) is 8.08. The molecule has 0 saturated heterocycles. The highest BCUT2D eigenvalue weighted by Gasteiger charge is 2.19. The van der Waals surface area contributed by atoms with E-state index in [1.807, 2.05) is 0 Å². The molecule has 0 aliphatic rings. The molecule has 0 amide bonds. The third-order valence-electron chi connectivity index (χ3n) is 12.5. The fraction of sp³-hybridized carbons (Fsp3) is 0.708. The molecular formula is C65H110O6. The molecule has 6 heteroatoms. The number of unbranched alkanes of at least 4 members (excludes halogenated alkanes) is 26. The largest absolute Gasteiger partial charge is 0.462 e. The number of carbonyl (C=O) groups excluding carboxylic acids is 3. The Bertz CT molecular complexity index is 1410. The van der Waals surface area contributed by atoms with E-state index in [4.69, 9.17) is 14.2 Å². The normalized spacial score (nSPS) is 12.8. The molecule has 0 aromatic rings. The van der Waals surface area contributed by atoms with E-state index in [0.29, 0.717) is 19.3 Å². The molecule has 1 atom stereocenters. The Hall–Kier alpha value is -3.67. The van der Waals surface area contributed by atoms with Crippen LogP contribution in [0.4, 0.5) is 0 Å². The van der Waals surface area contributed by atoms with Gasteiger partial charge in [0.1, 0.15) is 13.2 Å². The molecule has 0 fully saturated rings. The van der Waals surface area contributed by atoms with Gasteiger partial charge in [0.25, 0.3) is 0 Å². The first kappa shape index (κ1) is 67.3. The van der Waals surface area contributed by atoms with Crippen LogP contribution in [0.25, 0.3) is 0 Å². The van der Waals surface area contributed by atoms with Crippen LogP contribution in [0.15, 0.2) is 97.2 Å². The first-order valence-corrected chi connectivity index (χ1v) is 29.7. The zero-order valence-electron chi connectivity index (χ0n) is 46.5. The van der Waals surface area contributed by atoms with Crippen molar-refractivity contribution in [2.75, 3.05) is 13.2 Å². The van der Waals surface area contributed by atoms with Gasteiger partial charge in [-0.3, -0.25) is 14.4 Å². The summed E-state index contributed by atoms with van der Waals surface area (Å²) in [6.45, 7) is 6.47. The maximum atomic E-state index is 12.9. The summed E-state index contributed by atoms with van der Waals surface area (Å²) in [5.41, 5.74) is 0. The van der Waals surface area contributed by atoms with E-state index in [1.165, 1.54) is 116 Å². The van der Waals surface area contributed by atoms with E-state index in [2.05, 4.69) is 118 Å². The van der Waals surface area contributed by atoms with Crippen molar-refractivity contribution in [3.05, 3.63) is 97.2 Å². The summed E-state index contributed by atoms with van der Waals surface area (Å²) in [5.74, 6) is -0.939. The van der Waals surface area contributed by atoms with Gasteiger partial charge in [0.15, 0.2) is 6.10 Å². The predicted molar refractivity (Wildman–Crippen MR) is 307 cm³/mol. The van der Waals surface area contributed by atoms with Crippen LogP contribution >= 0.6 is 0 Å². The quantitative estimate of drug-likeness (QED) is 0.0261. The molecule has 71 heavy (non-hydrogen) atoms. The van der Waals surface area contributed by atoms with E-state index >= 15 is 0 Å². The molecule has 0 bridgehead atoms. The Morgan fingerprint density at radius 2 is 0.549 bits per heavy atom. The van der Waals surface area contributed by atoms with Crippen LogP contribution in [0.2, 0.25) is 0 Å². The molecule has 0 saturated carbocycles. The summed E-state index contributed by atoms with van der Waals surface area (Å²) in [5, 5.41) is 0. The van der Waals surface area contributed by atoms with Gasteiger partial charge in [0, 0.05) is 19.3 Å². The standard InChI is InChI=1S/C65H110O6/c1-4-7-10-13-16-19-22-25-28-30-32-34-37-40-43-46-49-52-55-58-64(67)70-61-62(60-69-63(66)57-54-51-48-45-42-39-36-27-24-21-18-15-12-9-6-3)71-65(68)59-56-53-50-47-44-41-38-35-33-31-29-26-23-20-17-14-11-8-5-2/h7,10,16,18-19,21,25-29,32,34,36,40,43,62H,4-6,8-9,11-15,17,20,22-24,30-31,33,35,37-39,41-42,44-61H2,1-3H3/b10-7+,19-16+,21-18+,28-25+,29-26+,34-32+,36-27+,43-40+/t62-/m1/s1.